The molecule has 12 heteroatoms. The van der Waals surface area contributed by atoms with E-state index in [4.69, 9.17) is 14.2 Å². The molecule has 0 amide bonds. The van der Waals surface area contributed by atoms with Crippen LogP contribution >= 0.6 is 0 Å². The maximum absolute atomic E-state index is 12.3. The average molecular weight is 907 g/mol. The first-order chi connectivity index (χ1) is 32.8. The van der Waals surface area contributed by atoms with Crippen LogP contribution < -0.4 is 14.2 Å². The van der Waals surface area contributed by atoms with Crippen LogP contribution in [-0.2, 0) is 0 Å². The van der Waals surface area contributed by atoms with Crippen molar-refractivity contribution in [3.8, 4) is 69.0 Å². The summed E-state index contributed by atoms with van der Waals surface area (Å²) in [7, 11) is 0. The molecule has 8 aromatic rings. The quantitative estimate of drug-likeness (QED) is 0.0652. The second kappa shape index (κ2) is 16.2. The predicted molar refractivity (Wildman–Crippen MR) is 251 cm³/mol. The molecule has 68 heavy (non-hydrogen) atoms. The molecule has 0 saturated heterocycles. The second-order valence-electron chi connectivity index (χ2n) is 17.4. The molecule has 338 valence electrons. The zero-order valence-electron chi connectivity index (χ0n) is 35.8. The molecule has 6 atom stereocenters. The van der Waals surface area contributed by atoms with E-state index in [0.29, 0.717) is 72.9 Å². The van der Waals surface area contributed by atoms with Gasteiger partial charge in [-0.25, -0.2) is 0 Å². The highest BCUT2D eigenvalue weighted by molar-refractivity contribution is 5.73. The molecule has 0 fully saturated rings. The molecular formula is C56H42O12. The van der Waals surface area contributed by atoms with Gasteiger partial charge < -0.3 is 60.2 Å². The van der Waals surface area contributed by atoms with Crippen molar-refractivity contribution < 1.29 is 60.2 Å². The first kappa shape index (κ1) is 41.8. The standard InChI is InChI=1S/C56H42O12/c57-36-11-3-28(4-12-36)1-2-29-19-42(63)51-45(20-29)66-55(31-7-15-38(59)16-8-31)49(51)34-23-44(65)53-47(25-34)68-56(32-9-17-39(60)18-10-32)50(53)35-24-43(64)52-46(26-35)67-54(30-5-13-37(58)14-6-30)48(52)33-21-40(61)27-41(62)22-33/h1-27,48-50,54-65H/t48?,49-,50-,54+,55+,56+/m0/s1. The number of hydrogen-bond donors (Lipinski definition) is 9. The molecule has 12 nitrogen and oxygen atoms in total. The van der Waals surface area contributed by atoms with Crippen LogP contribution in [0.4, 0.5) is 0 Å². The highest BCUT2D eigenvalue weighted by Crippen LogP contribution is 2.61. The molecule has 9 N–H and O–H groups in total. The van der Waals surface area contributed by atoms with Crippen LogP contribution in [0.5, 0.6) is 69.0 Å². The van der Waals surface area contributed by atoms with E-state index in [0.717, 1.165) is 5.56 Å². The lowest BCUT2D eigenvalue weighted by molar-refractivity contribution is 0.216. The Morgan fingerprint density at radius 3 is 1.00 bits per heavy atom. The highest BCUT2D eigenvalue weighted by atomic mass is 16.5. The third-order valence-corrected chi connectivity index (χ3v) is 13.1. The van der Waals surface area contributed by atoms with Gasteiger partial charge in [0.15, 0.2) is 0 Å². The molecule has 0 bridgehead atoms. The molecule has 3 aliphatic rings. The van der Waals surface area contributed by atoms with Gasteiger partial charge in [0.1, 0.15) is 87.3 Å². The predicted octanol–water partition coefficient (Wildman–Crippen LogP) is 11.0. The Bertz CT molecular complexity index is 3250. The SMILES string of the molecule is Oc1ccc(C=Cc2cc(O)c3c(c2)O[C@H](c2ccc(O)cc2)[C@H]3c2cc(O)c3c(c2)O[C@H](c2ccc(O)cc2)[C@H]3c2cc(O)c3c(c2)O[C@H](c2ccc(O)cc2)C3c2cc(O)cc(O)c2)cc1. The molecule has 0 aromatic heterocycles. The van der Waals surface area contributed by atoms with Gasteiger partial charge in [-0.2, -0.15) is 0 Å². The minimum atomic E-state index is -0.798. The molecular weight excluding hydrogens is 865 g/mol. The summed E-state index contributed by atoms with van der Waals surface area (Å²) in [4.78, 5) is 0. The molecule has 3 heterocycles. The van der Waals surface area contributed by atoms with Gasteiger partial charge in [-0.3, -0.25) is 0 Å². The van der Waals surface area contributed by atoms with E-state index in [-0.39, 0.29) is 51.7 Å². The smallest absolute Gasteiger partial charge is 0.135 e. The normalized spacial score (nSPS) is 20.0. The summed E-state index contributed by atoms with van der Waals surface area (Å²) in [6.45, 7) is 0. The zero-order chi connectivity index (χ0) is 47.0. The molecule has 0 saturated carbocycles. The fourth-order valence-corrected chi connectivity index (χ4v) is 10.0. The van der Waals surface area contributed by atoms with Gasteiger partial charge >= 0.3 is 0 Å². The summed E-state index contributed by atoms with van der Waals surface area (Å²) in [5, 5.41) is 97.7. The van der Waals surface area contributed by atoms with Crippen LogP contribution in [0.15, 0.2) is 152 Å². The lowest BCUT2D eigenvalue weighted by Gasteiger charge is -2.22. The van der Waals surface area contributed by atoms with Crippen molar-refractivity contribution in [2.45, 2.75) is 36.1 Å². The van der Waals surface area contributed by atoms with Crippen molar-refractivity contribution >= 4 is 12.2 Å². The van der Waals surface area contributed by atoms with E-state index in [1.807, 2.05) is 24.3 Å². The fraction of sp³-hybridized carbons (Fsp3) is 0.107. The van der Waals surface area contributed by atoms with Crippen molar-refractivity contribution in [1.82, 2.24) is 0 Å². The van der Waals surface area contributed by atoms with Gasteiger partial charge in [0.05, 0.1) is 17.8 Å². The fourth-order valence-electron chi connectivity index (χ4n) is 10.0. The molecule has 8 aromatic carbocycles. The van der Waals surface area contributed by atoms with E-state index in [9.17, 15) is 46.0 Å². The minimum absolute atomic E-state index is 0.0396. The molecule has 0 spiro atoms. The summed E-state index contributed by atoms with van der Waals surface area (Å²) in [5.74, 6) is -1.48. The first-order valence-corrected chi connectivity index (χ1v) is 21.8. The topological polar surface area (TPSA) is 210 Å². The van der Waals surface area contributed by atoms with E-state index in [1.54, 1.807) is 97.1 Å². The Morgan fingerprint density at radius 1 is 0.279 bits per heavy atom. The number of rotatable bonds is 8. The van der Waals surface area contributed by atoms with Crippen LogP contribution in [-0.4, -0.2) is 46.0 Å². The van der Waals surface area contributed by atoms with E-state index in [2.05, 4.69) is 0 Å². The van der Waals surface area contributed by atoms with Gasteiger partial charge in [0.25, 0.3) is 0 Å². The lowest BCUT2D eigenvalue weighted by atomic mass is 9.80. The summed E-state index contributed by atoms with van der Waals surface area (Å²) < 4.78 is 20.2. The largest absolute Gasteiger partial charge is 0.508 e. The van der Waals surface area contributed by atoms with Crippen LogP contribution in [0.3, 0.4) is 0 Å². The number of aromatic hydroxyl groups is 9. The highest BCUT2D eigenvalue weighted by Gasteiger charge is 2.46. The molecule has 0 radical (unpaired) electrons. The monoisotopic (exact) mass is 906 g/mol. The Labute approximate surface area is 389 Å². The number of hydrogen-bond acceptors (Lipinski definition) is 12. The molecule has 11 rings (SSSR count). The second-order valence-corrected chi connectivity index (χ2v) is 17.4. The van der Waals surface area contributed by atoms with Crippen LogP contribution in [0.1, 0.15) is 97.3 Å². The summed E-state index contributed by atoms with van der Waals surface area (Å²) in [6.07, 6.45) is 1.40. The zero-order valence-corrected chi connectivity index (χ0v) is 35.8. The number of phenols is 9. The summed E-state index contributed by atoms with van der Waals surface area (Å²) >= 11 is 0. The Hall–Kier alpha value is -8.90. The van der Waals surface area contributed by atoms with Crippen LogP contribution in [0, 0.1) is 0 Å². The van der Waals surface area contributed by atoms with E-state index < -0.39 is 36.1 Å². The maximum Gasteiger partial charge on any atom is 0.135 e. The maximum atomic E-state index is 12.3. The van der Waals surface area contributed by atoms with Crippen molar-refractivity contribution in [2.24, 2.45) is 0 Å². The Kier molecular flexibility index (Phi) is 9.96. The van der Waals surface area contributed by atoms with Gasteiger partial charge in [-0.1, -0.05) is 60.7 Å². The Balaban J connectivity index is 1.03. The summed E-state index contributed by atoms with van der Waals surface area (Å²) in [6, 6.07) is 40.7. The van der Waals surface area contributed by atoms with Crippen molar-refractivity contribution in [3.63, 3.8) is 0 Å². The van der Waals surface area contributed by atoms with Gasteiger partial charge in [0.2, 0.25) is 0 Å². The van der Waals surface area contributed by atoms with E-state index in [1.165, 1.54) is 42.5 Å². The first-order valence-electron chi connectivity index (χ1n) is 21.8. The van der Waals surface area contributed by atoms with Gasteiger partial charge in [-0.05, 0) is 142 Å². The van der Waals surface area contributed by atoms with Crippen LogP contribution in [0.25, 0.3) is 12.2 Å². The minimum Gasteiger partial charge on any atom is -0.508 e. The van der Waals surface area contributed by atoms with Crippen LogP contribution in [0.2, 0.25) is 0 Å². The molecule has 0 aliphatic carbocycles. The number of ether oxygens (including phenoxy) is 3. The van der Waals surface area contributed by atoms with Gasteiger partial charge in [-0.15, -0.1) is 0 Å². The van der Waals surface area contributed by atoms with Crippen molar-refractivity contribution in [1.29, 1.82) is 0 Å². The molecule has 1 unspecified atom stereocenters. The van der Waals surface area contributed by atoms with E-state index >= 15 is 0 Å². The van der Waals surface area contributed by atoms with Crippen molar-refractivity contribution in [2.75, 3.05) is 0 Å². The average Bonchev–Trinajstić information content (AvgIpc) is 4.02. The lowest BCUT2D eigenvalue weighted by Crippen LogP contribution is -2.12. The third-order valence-electron chi connectivity index (χ3n) is 13.1. The number of benzene rings is 8. The number of fused-ring (bicyclic) bond motifs is 3. The van der Waals surface area contributed by atoms with Crippen molar-refractivity contribution in [3.05, 3.63) is 213 Å². The summed E-state index contributed by atoms with van der Waals surface area (Å²) in [5.41, 5.74) is 6.34. The Morgan fingerprint density at radius 2 is 0.603 bits per heavy atom. The molecule has 3 aliphatic heterocycles. The number of phenolic OH excluding ortho intramolecular Hbond substituents is 9. The van der Waals surface area contributed by atoms with Gasteiger partial charge in [0, 0.05) is 22.8 Å². The third kappa shape index (κ3) is 7.37.